The Kier molecular flexibility index (Phi) is 0.574. The van der Waals surface area contributed by atoms with Crippen LogP contribution in [0.5, 0.6) is 0 Å². The average molecular weight is 122 g/mol. The quantitative estimate of drug-likeness (QED) is 0.463. The van der Waals surface area contributed by atoms with E-state index < -0.39 is 0 Å². The van der Waals surface area contributed by atoms with Crippen LogP contribution in [-0.2, 0) is 0 Å². The number of hydrogen-bond donors (Lipinski definition) is 0. The fourth-order valence-electron chi connectivity index (χ4n) is 3.01. The lowest BCUT2D eigenvalue weighted by atomic mass is 9.90. The van der Waals surface area contributed by atoms with Gasteiger partial charge < -0.3 is 0 Å². The molecule has 0 spiro atoms. The van der Waals surface area contributed by atoms with Crippen molar-refractivity contribution >= 4 is 0 Å². The van der Waals surface area contributed by atoms with Crippen LogP contribution < -0.4 is 0 Å². The first-order valence-electron chi connectivity index (χ1n) is 4.30. The zero-order valence-electron chi connectivity index (χ0n) is 6.06. The molecule has 3 fully saturated rings. The molecule has 0 aromatic rings. The van der Waals surface area contributed by atoms with Crippen LogP contribution in [0.15, 0.2) is 0 Å². The molecule has 9 heavy (non-hydrogen) atoms. The minimum absolute atomic E-state index is 0.859. The molecule has 0 N–H and O–H groups in total. The van der Waals surface area contributed by atoms with Crippen LogP contribution >= 0.6 is 0 Å². The summed E-state index contributed by atoms with van der Waals surface area (Å²) in [5.41, 5.74) is 0.859. The first-order chi connectivity index (χ1) is 4.30. The van der Waals surface area contributed by atoms with Crippen molar-refractivity contribution in [1.29, 1.82) is 0 Å². The van der Waals surface area contributed by atoms with Gasteiger partial charge in [0.15, 0.2) is 0 Å². The van der Waals surface area contributed by atoms with Crippen LogP contribution in [0.4, 0.5) is 0 Å². The molecule has 0 saturated heterocycles. The Morgan fingerprint density at radius 1 is 1.44 bits per heavy atom. The van der Waals surface area contributed by atoms with Gasteiger partial charge in [-0.3, -0.25) is 0 Å². The largest absolute Gasteiger partial charge is 0.0594 e. The lowest BCUT2D eigenvalue weighted by Crippen LogP contribution is -2.06. The second kappa shape index (κ2) is 1.09. The van der Waals surface area contributed by atoms with E-state index in [4.69, 9.17) is 0 Å². The first-order valence-corrected chi connectivity index (χ1v) is 4.30. The predicted octanol–water partition coefficient (Wildman–Crippen LogP) is 2.44. The maximum Gasteiger partial charge on any atom is -0.0292 e. The Morgan fingerprint density at radius 2 is 2.33 bits per heavy atom. The molecular formula is C9H14. The van der Waals surface area contributed by atoms with E-state index in [1.54, 1.807) is 25.7 Å². The van der Waals surface area contributed by atoms with Gasteiger partial charge in [-0.05, 0) is 48.9 Å². The molecule has 3 rings (SSSR count). The van der Waals surface area contributed by atoms with E-state index in [-0.39, 0.29) is 0 Å². The Morgan fingerprint density at radius 3 is 3.11 bits per heavy atom. The minimum Gasteiger partial charge on any atom is -0.0594 e. The van der Waals surface area contributed by atoms with Crippen molar-refractivity contribution < 1.29 is 0 Å². The lowest BCUT2D eigenvalue weighted by Gasteiger charge is -2.15. The number of rotatable bonds is 0. The molecule has 4 atom stereocenters. The van der Waals surface area contributed by atoms with Crippen molar-refractivity contribution in [3.63, 3.8) is 0 Å². The van der Waals surface area contributed by atoms with E-state index in [9.17, 15) is 0 Å². The molecule has 50 valence electrons. The minimum atomic E-state index is 0.859. The van der Waals surface area contributed by atoms with Crippen molar-refractivity contribution in [3.05, 3.63) is 0 Å². The van der Waals surface area contributed by atoms with E-state index >= 15 is 0 Å². The van der Waals surface area contributed by atoms with Crippen molar-refractivity contribution in [3.8, 4) is 0 Å². The van der Waals surface area contributed by atoms with Crippen LogP contribution in [0.2, 0.25) is 0 Å². The highest BCUT2D eigenvalue weighted by Crippen LogP contribution is 2.72. The van der Waals surface area contributed by atoms with Gasteiger partial charge >= 0.3 is 0 Å². The molecule has 0 radical (unpaired) electrons. The molecular weight excluding hydrogens is 108 g/mol. The van der Waals surface area contributed by atoms with Gasteiger partial charge in [0.1, 0.15) is 0 Å². The molecule has 0 nitrogen and oxygen atoms in total. The first kappa shape index (κ1) is 4.76. The van der Waals surface area contributed by atoms with Crippen LogP contribution in [0.3, 0.4) is 0 Å². The van der Waals surface area contributed by atoms with Crippen molar-refractivity contribution in [1.82, 2.24) is 0 Å². The number of fused-ring (bicyclic) bond motifs is 3. The second-order valence-corrected chi connectivity index (χ2v) is 4.66. The van der Waals surface area contributed by atoms with Gasteiger partial charge in [0, 0.05) is 0 Å². The standard InChI is InChI=1S/C9H14/c1-9-3-2-6-4-7(6)8(9)5-9/h6-8H,2-5H2,1H3. The molecule has 0 heteroatoms. The van der Waals surface area contributed by atoms with Crippen molar-refractivity contribution in [2.75, 3.05) is 0 Å². The van der Waals surface area contributed by atoms with Gasteiger partial charge in [-0.1, -0.05) is 6.92 Å². The predicted molar refractivity (Wildman–Crippen MR) is 37.0 cm³/mol. The Hall–Kier alpha value is 0. The fourth-order valence-corrected chi connectivity index (χ4v) is 3.01. The fraction of sp³-hybridized carbons (Fsp3) is 1.00. The maximum atomic E-state index is 2.49. The average Bonchev–Trinajstić information content (AvgIpc) is 2.52. The SMILES string of the molecule is CC12CCC3CC3C1C2. The highest BCUT2D eigenvalue weighted by atomic mass is 14.7. The van der Waals surface area contributed by atoms with Gasteiger partial charge in [-0.25, -0.2) is 0 Å². The summed E-state index contributed by atoms with van der Waals surface area (Å²) in [5.74, 6) is 3.60. The van der Waals surface area contributed by atoms with Gasteiger partial charge in [-0.15, -0.1) is 0 Å². The Balaban J connectivity index is 1.90. The molecule has 3 aliphatic rings. The smallest absolute Gasteiger partial charge is 0.0292 e. The highest BCUT2D eigenvalue weighted by molar-refractivity contribution is 5.12. The Bertz CT molecular complexity index is 161. The van der Waals surface area contributed by atoms with Crippen LogP contribution in [0.25, 0.3) is 0 Å². The molecule has 0 aliphatic heterocycles. The summed E-state index contributed by atoms with van der Waals surface area (Å²) in [5, 5.41) is 0. The van der Waals surface area contributed by atoms with E-state index in [0.29, 0.717) is 0 Å². The van der Waals surface area contributed by atoms with Crippen molar-refractivity contribution in [2.45, 2.75) is 32.6 Å². The molecule has 0 aromatic carbocycles. The summed E-state index contributed by atoms with van der Waals surface area (Å²) >= 11 is 0. The third-order valence-corrected chi connectivity index (χ3v) is 4.00. The summed E-state index contributed by atoms with van der Waals surface area (Å²) < 4.78 is 0. The Labute approximate surface area is 56.6 Å². The van der Waals surface area contributed by atoms with E-state index in [0.717, 1.165) is 5.41 Å². The monoisotopic (exact) mass is 122 g/mol. The summed E-state index contributed by atoms with van der Waals surface area (Å²) in [6, 6.07) is 0. The normalized spacial score (nSPS) is 68.3. The molecule has 3 aliphatic carbocycles. The summed E-state index contributed by atoms with van der Waals surface area (Å²) in [4.78, 5) is 0. The third kappa shape index (κ3) is 0.461. The van der Waals surface area contributed by atoms with Gasteiger partial charge in [0.05, 0.1) is 0 Å². The highest BCUT2D eigenvalue weighted by Gasteiger charge is 2.63. The van der Waals surface area contributed by atoms with E-state index in [1.165, 1.54) is 17.8 Å². The lowest BCUT2D eigenvalue weighted by molar-refractivity contribution is 0.351. The zero-order chi connectivity index (χ0) is 6.06. The topological polar surface area (TPSA) is 0 Å². The van der Waals surface area contributed by atoms with Crippen LogP contribution in [-0.4, -0.2) is 0 Å². The molecule has 0 aromatic heterocycles. The van der Waals surface area contributed by atoms with Crippen molar-refractivity contribution in [2.24, 2.45) is 23.2 Å². The summed E-state index contributed by atoms with van der Waals surface area (Å²) in [7, 11) is 0. The summed E-state index contributed by atoms with van der Waals surface area (Å²) in [6.45, 7) is 2.49. The molecule has 0 amide bonds. The molecule has 0 bridgehead atoms. The van der Waals surface area contributed by atoms with Crippen LogP contribution in [0.1, 0.15) is 32.6 Å². The zero-order valence-corrected chi connectivity index (χ0v) is 6.06. The van der Waals surface area contributed by atoms with Crippen LogP contribution in [0, 0.1) is 23.2 Å². The summed E-state index contributed by atoms with van der Waals surface area (Å²) in [6.07, 6.45) is 6.30. The third-order valence-electron chi connectivity index (χ3n) is 4.00. The maximum absolute atomic E-state index is 2.49. The second-order valence-electron chi connectivity index (χ2n) is 4.66. The molecule has 4 unspecified atom stereocenters. The van der Waals surface area contributed by atoms with Gasteiger partial charge in [0.25, 0.3) is 0 Å². The molecule has 3 saturated carbocycles. The van der Waals surface area contributed by atoms with Gasteiger partial charge in [0.2, 0.25) is 0 Å². The van der Waals surface area contributed by atoms with E-state index in [2.05, 4.69) is 6.92 Å². The van der Waals surface area contributed by atoms with E-state index in [1.807, 2.05) is 0 Å². The number of hydrogen-bond acceptors (Lipinski definition) is 0. The molecule has 0 heterocycles. The van der Waals surface area contributed by atoms with Gasteiger partial charge in [-0.2, -0.15) is 0 Å².